The molecule has 0 spiro atoms. The molecule has 3 rings (SSSR count). The Hall–Kier alpha value is -1.71. The van der Waals surface area contributed by atoms with Crippen LogP contribution in [-0.4, -0.2) is 10.1 Å². The first-order chi connectivity index (χ1) is 9.24. The zero-order chi connectivity index (χ0) is 13.2. The lowest BCUT2D eigenvalue weighted by Gasteiger charge is -2.13. The molecule has 2 heterocycles. The first-order valence-electron chi connectivity index (χ1n) is 6.52. The second kappa shape index (κ2) is 5.11. The minimum Gasteiger partial charge on any atom is -0.388 e. The fraction of sp³-hybridized carbons (Fsp3) is 0.312. The fourth-order valence-electron chi connectivity index (χ4n) is 2.43. The number of hydrogen-bond donors (Lipinski definition) is 1. The van der Waals surface area contributed by atoms with Crippen molar-refractivity contribution in [1.29, 1.82) is 0 Å². The van der Waals surface area contributed by atoms with E-state index in [0.29, 0.717) is 19.6 Å². The normalized spacial score (nSPS) is 15.3. The van der Waals surface area contributed by atoms with Gasteiger partial charge in [0.2, 0.25) is 0 Å². The van der Waals surface area contributed by atoms with Gasteiger partial charge in [0.25, 0.3) is 0 Å². The van der Waals surface area contributed by atoms with Crippen molar-refractivity contribution in [3.63, 3.8) is 0 Å². The largest absolute Gasteiger partial charge is 0.388 e. The van der Waals surface area contributed by atoms with E-state index in [1.807, 2.05) is 37.3 Å². The summed E-state index contributed by atoms with van der Waals surface area (Å²) in [5, 5.41) is 10.3. The highest BCUT2D eigenvalue weighted by Crippen LogP contribution is 2.25. The number of aryl methyl sites for hydroxylation is 1. The maximum Gasteiger partial charge on any atom is 0.0845 e. The monoisotopic (exact) mass is 255 g/mol. The summed E-state index contributed by atoms with van der Waals surface area (Å²) in [6.07, 6.45) is 1.80. The van der Waals surface area contributed by atoms with Crippen molar-refractivity contribution in [3.05, 3.63) is 64.5 Å². The van der Waals surface area contributed by atoms with Gasteiger partial charge in [-0.25, -0.2) is 0 Å². The summed E-state index contributed by atoms with van der Waals surface area (Å²) in [6.45, 7) is 3.36. The van der Waals surface area contributed by atoms with Crippen LogP contribution >= 0.6 is 0 Å². The first-order valence-corrected chi connectivity index (χ1v) is 6.52. The summed E-state index contributed by atoms with van der Waals surface area (Å²) < 4.78 is 5.39. The van der Waals surface area contributed by atoms with E-state index in [9.17, 15) is 5.11 Å². The van der Waals surface area contributed by atoms with Gasteiger partial charge >= 0.3 is 0 Å². The van der Waals surface area contributed by atoms with Gasteiger partial charge in [0, 0.05) is 18.3 Å². The molecular formula is C16H17NO2. The third-order valence-corrected chi connectivity index (χ3v) is 3.63. The molecule has 0 saturated heterocycles. The molecular weight excluding hydrogens is 238 g/mol. The van der Waals surface area contributed by atoms with Crippen LogP contribution in [0.5, 0.6) is 0 Å². The van der Waals surface area contributed by atoms with Crippen molar-refractivity contribution < 1.29 is 9.84 Å². The highest BCUT2D eigenvalue weighted by Gasteiger charge is 2.16. The number of nitrogens with zero attached hydrogens (tertiary/aromatic N) is 1. The predicted octanol–water partition coefficient (Wildman–Crippen LogP) is 2.70. The van der Waals surface area contributed by atoms with E-state index in [4.69, 9.17) is 4.74 Å². The van der Waals surface area contributed by atoms with E-state index in [-0.39, 0.29) is 0 Å². The van der Waals surface area contributed by atoms with Crippen LogP contribution in [0, 0.1) is 6.92 Å². The van der Waals surface area contributed by atoms with Crippen LogP contribution in [0.1, 0.15) is 34.1 Å². The molecule has 0 saturated carbocycles. The van der Waals surface area contributed by atoms with Gasteiger partial charge in [0.1, 0.15) is 0 Å². The number of hydrogen-bond acceptors (Lipinski definition) is 3. The SMILES string of the molecule is Cc1cccnc1CC(O)c1ccc2c(c1)COC2. The van der Waals surface area contributed by atoms with Gasteiger partial charge in [-0.05, 0) is 35.2 Å². The average molecular weight is 255 g/mol. The molecule has 2 aromatic rings. The number of pyridine rings is 1. The van der Waals surface area contributed by atoms with Crippen molar-refractivity contribution in [1.82, 2.24) is 4.98 Å². The highest BCUT2D eigenvalue weighted by atomic mass is 16.5. The van der Waals surface area contributed by atoms with E-state index in [0.717, 1.165) is 16.8 Å². The molecule has 0 fully saturated rings. The van der Waals surface area contributed by atoms with Crippen molar-refractivity contribution in [2.45, 2.75) is 32.7 Å². The zero-order valence-corrected chi connectivity index (χ0v) is 11.0. The van der Waals surface area contributed by atoms with Gasteiger partial charge in [-0.3, -0.25) is 4.98 Å². The molecule has 98 valence electrons. The third kappa shape index (κ3) is 2.53. The van der Waals surface area contributed by atoms with E-state index in [1.165, 1.54) is 11.1 Å². The Morgan fingerprint density at radius 3 is 2.95 bits per heavy atom. The van der Waals surface area contributed by atoms with E-state index >= 15 is 0 Å². The topological polar surface area (TPSA) is 42.4 Å². The number of benzene rings is 1. The Morgan fingerprint density at radius 1 is 1.26 bits per heavy atom. The van der Waals surface area contributed by atoms with Crippen molar-refractivity contribution in [2.24, 2.45) is 0 Å². The van der Waals surface area contributed by atoms with Crippen LogP contribution in [0.4, 0.5) is 0 Å². The van der Waals surface area contributed by atoms with Crippen LogP contribution < -0.4 is 0 Å². The molecule has 1 unspecified atom stereocenters. The minimum absolute atomic E-state index is 0.514. The summed E-state index contributed by atoms with van der Waals surface area (Å²) in [6, 6.07) is 10.0. The molecule has 1 aliphatic rings. The van der Waals surface area contributed by atoms with Crippen LogP contribution in [-0.2, 0) is 24.4 Å². The molecule has 19 heavy (non-hydrogen) atoms. The fourth-order valence-corrected chi connectivity index (χ4v) is 2.43. The predicted molar refractivity (Wildman–Crippen MR) is 72.6 cm³/mol. The molecule has 0 radical (unpaired) electrons. The summed E-state index contributed by atoms with van der Waals surface area (Å²) in [5.41, 5.74) is 5.42. The lowest BCUT2D eigenvalue weighted by Crippen LogP contribution is -2.05. The summed E-state index contributed by atoms with van der Waals surface area (Å²) >= 11 is 0. The van der Waals surface area contributed by atoms with E-state index in [2.05, 4.69) is 4.98 Å². The highest BCUT2D eigenvalue weighted by molar-refractivity contribution is 5.34. The molecule has 1 atom stereocenters. The minimum atomic E-state index is -0.514. The quantitative estimate of drug-likeness (QED) is 0.917. The molecule has 3 heteroatoms. The molecule has 0 bridgehead atoms. The van der Waals surface area contributed by atoms with Gasteiger partial charge in [0.05, 0.1) is 19.3 Å². The molecule has 0 aliphatic carbocycles. The Balaban J connectivity index is 1.81. The smallest absolute Gasteiger partial charge is 0.0845 e. The number of ether oxygens (including phenoxy) is 1. The molecule has 1 aliphatic heterocycles. The van der Waals surface area contributed by atoms with Gasteiger partial charge in [-0.15, -0.1) is 0 Å². The standard InChI is InChI=1S/C16H17NO2/c1-11-3-2-6-17-15(11)8-16(18)12-4-5-13-9-19-10-14(13)7-12/h2-7,16,18H,8-10H2,1H3. The third-order valence-electron chi connectivity index (χ3n) is 3.63. The maximum atomic E-state index is 10.3. The number of aliphatic hydroxyl groups is 1. The van der Waals surface area contributed by atoms with Crippen LogP contribution in [0.2, 0.25) is 0 Å². The van der Waals surface area contributed by atoms with E-state index in [1.54, 1.807) is 6.20 Å². The Morgan fingerprint density at radius 2 is 2.11 bits per heavy atom. The summed E-state index contributed by atoms with van der Waals surface area (Å²) in [5.74, 6) is 0. The molecule has 0 amide bonds. The molecule has 3 nitrogen and oxygen atoms in total. The lowest BCUT2D eigenvalue weighted by molar-refractivity contribution is 0.134. The molecule has 1 aromatic heterocycles. The van der Waals surface area contributed by atoms with Crippen LogP contribution in [0.3, 0.4) is 0 Å². The second-order valence-electron chi connectivity index (χ2n) is 5.01. The van der Waals surface area contributed by atoms with E-state index < -0.39 is 6.10 Å². The maximum absolute atomic E-state index is 10.3. The zero-order valence-electron chi connectivity index (χ0n) is 11.0. The van der Waals surface area contributed by atoms with Gasteiger partial charge in [-0.1, -0.05) is 24.3 Å². The van der Waals surface area contributed by atoms with Gasteiger partial charge in [0.15, 0.2) is 0 Å². The van der Waals surface area contributed by atoms with Gasteiger partial charge in [-0.2, -0.15) is 0 Å². The van der Waals surface area contributed by atoms with Crippen LogP contribution in [0.15, 0.2) is 36.5 Å². The summed E-state index contributed by atoms with van der Waals surface area (Å²) in [4.78, 5) is 4.33. The van der Waals surface area contributed by atoms with Crippen LogP contribution in [0.25, 0.3) is 0 Å². The van der Waals surface area contributed by atoms with Crippen molar-refractivity contribution >= 4 is 0 Å². The number of rotatable bonds is 3. The Kier molecular flexibility index (Phi) is 3.32. The van der Waals surface area contributed by atoms with Crippen molar-refractivity contribution in [2.75, 3.05) is 0 Å². The lowest BCUT2D eigenvalue weighted by atomic mass is 9.99. The van der Waals surface area contributed by atoms with Gasteiger partial charge < -0.3 is 9.84 Å². The number of fused-ring (bicyclic) bond motifs is 1. The Labute approximate surface area is 112 Å². The number of aromatic nitrogens is 1. The number of aliphatic hydroxyl groups excluding tert-OH is 1. The first kappa shape index (κ1) is 12.3. The van der Waals surface area contributed by atoms with Crippen molar-refractivity contribution in [3.8, 4) is 0 Å². The summed E-state index contributed by atoms with van der Waals surface area (Å²) in [7, 11) is 0. The average Bonchev–Trinajstić information content (AvgIpc) is 2.88. The second-order valence-corrected chi connectivity index (χ2v) is 5.01. The Bertz CT molecular complexity index is 595. The molecule has 1 N–H and O–H groups in total. The molecule has 1 aromatic carbocycles.